The molecule has 33 heavy (non-hydrogen) atoms. The van der Waals surface area contributed by atoms with Gasteiger partial charge in [0.2, 0.25) is 0 Å². The lowest BCUT2D eigenvalue weighted by molar-refractivity contribution is 0.102. The van der Waals surface area contributed by atoms with Gasteiger partial charge in [-0.3, -0.25) is 14.2 Å². The summed E-state index contributed by atoms with van der Waals surface area (Å²) in [4.78, 5) is 18.0. The summed E-state index contributed by atoms with van der Waals surface area (Å²) in [6.45, 7) is 3.34. The van der Waals surface area contributed by atoms with E-state index in [1.807, 2.05) is 72.5 Å². The minimum Gasteiger partial charge on any atom is -0.305 e. The number of aryl methyl sites for hydroxylation is 1. The van der Waals surface area contributed by atoms with Gasteiger partial charge in [-0.2, -0.15) is 10.2 Å². The molecule has 3 heterocycles. The average Bonchev–Trinajstić information content (AvgIpc) is 3.48. The molecule has 8 heteroatoms. The van der Waals surface area contributed by atoms with Crippen LogP contribution in [0, 0.1) is 0 Å². The van der Waals surface area contributed by atoms with Gasteiger partial charge in [-0.05, 0) is 36.8 Å². The largest absolute Gasteiger partial charge is 0.305 e. The first-order valence-electron chi connectivity index (χ1n) is 10.6. The highest BCUT2D eigenvalue weighted by Gasteiger charge is 2.16. The van der Waals surface area contributed by atoms with Crippen molar-refractivity contribution in [1.29, 1.82) is 0 Å². The van der Waals surface area contributed by atoms with Crippen molar-refractivity contribution in [2.45, 2.75) is 20.0 Å². The number of nitrogens with zero attached hydrogens (tertiary/aromatic N) is 5. The lowest BCUT2D eigenvalue weighted by atomic mass is 10.0. The van der Waals surface area contributed by atoms with E-state index in [0.29, 0.717) is 28.6 Å². The van der Waals surface area contributed by atoms with Crippen molar-refractivity contribution in [2.24, 2.45) is 0 Å². The molecule has 7 nitrogen and oxygen atoms in total. The van der Waals surface area contributed by atoms with Gasteiger partial charge >= 0.3 is 0 Å². The Labute approximate surface area is 195 Å². The molecule has 0 atom stereocenters. The first-order valence-corrected chi connectivity index (χ1v) is 11.0. The summed E-state index contributed by atoms with van der Waals surface area (Å²) < 4.78 is 3.59. The average molecular weight is 457 g/mol. The van der Waals surface area contributed by atoms with Gasteiger partial charge in [-0.15, -0.1) is 0 Å². The number of amides is 1. The molecule has 0 radical (unpaired) electrons. The number of para-hydroxylation sites is 1. The van der Waals surface area contributed by atoms with Crippen molar-refractivity contribution in [3.8, 4) is 11.3 Å². The number of nitrogens with one attached hydrogen (secondary N) is 1. The molecule has 1 N–H and O–H groups in total. The summed E-state index contributed by atoms with van der Waals surface area (Å²) in [5, 5.41) is 13.2. The van der Waals surface area contributed by atoms with Crippen LogP contribution in [0.2, 0.25) is 5.02 Å². The van der Waals surface area contributed by atoms with Crippen LogP contribution < -0.4 is 5.32 Å². The molecule has 3 aromatic heterocycles. The SMILES string of the molecule is CCn1cc(-c2cc(C(=O)Nc3ccn(Cc4cccc(Cl)c4)n3)c3ccccc3n2)cn1. The Bertz CT molecular complexity index is 1450. The normalized spacial score (nSPS) is 11.1. The lowest BCUT2D eigenvalue weighted by Gasteiger charge is -2.09. The van der Waals surface area contributed by atoms with Crippen LogP contribution >= 0.6 is 11.6 Å². The van der Waals surface area contributed by atoms with Crippen molar-refractivity contribution in [2.75, 3.05) is 5.32 Å². The Morgan fingerprint density at radius 3 is 2.76 bits per heavy atom. The topological polar surface area (TPSA) is 77.6 Å². The number of anilines is 1. The fourth-order valence-electron chi connectivity index (χ4n) is 3.70. The predicted molar refractivity (Wildman–Crippen MR) is 129 cm³/mol. The quantitative estimate of drug-likeness (QED) is 0.377. The summed E-state index contributed by atoms with van der Waals surface area (Å²) in [6.07, 6.45) is 5.52. The van der Waals surface area contributed by atoms with E-state index >= 15 is 0 Å². The second-order valence-electron chi connectivity index (χ2n) is 7.64. The molecule has 0 fully saturated rings. The Morgan fingerprint density at radius 2 is 1.94 bits per heavy atom. The number of halogens is 1. The molecule has 0 unspecified atom stereocenters. The maximum Gasteiger partial charge on any atom is 0.257 e. The summed E-state index contributed by atoms with van der Waals surface area (Å²) in [6, 6.07) is 18.8. The molecular weight excluding hydrogens is 436 g/mol. The van der Waals surface area contributed by atoms with Gasteiger partial charge in [-0.1, -0.05) is 41.9 Å². The van der Waals surface area contributed by atoms with Crippen molar-refractivity contribution >= 4 is 34.2 Å². The third-order valence-corrected chi connectivity index (χ3v) is 5.56. The molecular formula is C25H21ClN6O. The van der Waals surface area contributed by atoms with E-state index in [1.54, 1.807) is 23.0 Å². The van der Waals surface area contributed by atoms with Crippen LogP contribution in [-0.2, 0) is 13.1 Å². The first kappa shape index (κ1) is 20.9. The number of aromatic nitrogens is 5. The van der Waals surface area contributed by atoms with Crippen LogP contribution in [0.5, 0.6) is 0 Å². The zero-order valence-corrected chi connectivity index (χ0v) is 18.7. The Hall–Kier alpha value is -3.97. The lowest BCUT2D eigenvalue weighted by Crippen LogP contribution is -2.14. The number of fused-ring (bicyclic) bond motifs is 1. The number of benzene rings is 2. The van der Waals surface area contributed by atoms with Crippen molar-refractivity contribution in [3.05, 3.63) is 95.4 Å². The number of pyridine rings is 1. The molecule has 5 rings (SSSR count). The van der Waals surface area contributed by atoms with Crippen LogP contribution in [0.4, 0.5) is 5.82 Å². The van der Waals surface area contributed by atoms with E-state index in [-0.39, 0.29) is 5.91 Å². The van der Waals surface area contributed by atoms with E-state index in [1.165, 1.54) is 0 Å². The van der Waals surface area contributed by atoms with Gasteiger partial charge in [0.05, 0.1) is 29.5 Å². The minimum atomic E-state index is -0.245. The minimum absolute atomic E-state index is 0.245. The van der Waals surface area contributed by atoms with Crippen LogP contribution in [-0.4, -0.2) is 30.5 Å². The number of rotatable bonds is 6. The highest BCUT2D eigenvalue weighted by atomic mass is 35.5. The first-order chi connectivity index (χ1) is 16.1. The van der Waals surface area contributed by atoms with Gasteiger partial charge in [-0.25, -0.2) is 4.98 Å². The van der Waals surface area contributed by atoms with E-state index in [0.717, 1.165) is 28.6 Å². The maximum atomic E-state index is 13.3. The zero-order chi connectivity index (χ0) is 22.8. The molecule has 0 spiro atoms. The molecule has 5 aromatic rings. The summed E-state index contributed by atoms with van der Waals surface area (Å²) in [5.74, 6) is 0.231. The highest BCUT2D eigenvalue weighted by Crippen LogP contribution is 2.25. The zero-order valence-electron chi connectivity index (χ0n) is 17.9. The Kier molecular flexibility index (Phi) is 5.62. The Balaban J connectivity index is 1.43. The summed E-state index contributed by atoms with van der Waals surface area (Å²) >= 11 is 6.07. The van der Waals surface area contributed by atoms with E-state index in [4.69, 9.17) is 16.6 Å². The van der Waals surface area contributed by atoms with Gasteiger partial charge in [0.1, 0.15) is 0 Å². The fourth-order valence-corrected chi connectivity index (χ4v) is 3.92. The van der Waals surface area contributed by atoms with Crippen LogP contribution in [0.15, 0.2) is 79.3 Å². The molecule has 0 saturated heterocycles. The van der Waals surface area contributed by atoms with E-state index < -0.39 is 0 Å². The number of hydrogen-bond acceptors (Lipinski definition) is 4. The molecule has 0 bridgehead atoms. The van der Waals surface area contributed by atoms with Crippen molar-refractivity contribution in [3.63, 3.8) is 0 Å². The fraction of sp³-hybridized carbons (Fsp3) is 0.120. The summed E-state index contributed by atoms with van der Waals surface area (Å²) in [7, 11) is 0. The molecule has 0 saturated carbocycles. The number of carbonyl (C=O) groups excluding carboxylic acids is 1. The second kappa shape index (κ2) is 8.88. The number of carbonyl (C=O) groups is 1. The predicted octanol–water partition coefficient (Wildman–Crippen LogP) is 5.27. The smallest absolute Gasteiger partial charge is 0.257 e. The standard InChI is InChI=1S/C25H21ClN6O/c1-2-31-16-18(14-27-31)23-13-21(20-8-3-4-9-22(20)28-23)25(33)29-24-10-11-32(30-24)15-17-6-5-7-19(26)12-17/h3-14,16H,2,15H2,1H3,(H,29,30,33). The third kappa shape index (κ3) is 4.49. The van der Waals surface area contributed by atoms with E-state index in [2.05, 4.69) is 15.5 Å². The van der Waals surface area contributed by atoms with Gasteiger partial charge in [0, 0.05) is 41.0 Å². The van der Waals surface area contributed by atoms with Crippen molar-refractivity contribution in [1.82, 2.24) is 24.5 Å². The molecule has 1 amide bonds. The maximum absolute atomic E-state index is 13.3. The molecule has 0 aliphatic carbocycles. The van der Waals surface area contributed by atoms with Crippen LogP contribution in [0.1, 0.15) is 22.8 Å². The van der Waals surface area contributed by atoms with Crippen molar-refractivity contribution < 1.29 is 4.79 Å². The van der Waals surface area contributed by atoms with Crippen LogP contribution in [0.25, 0.3) is 22.2 Å². The molecule has 0 aliphatic rings. The molecule has 2 aromatic carbocycles. The molecule has 0 aliphatic heterocycles. The Morgan fingerprint density at radius 1 is 1.06 bits per heavy atom. The third-order valence-electron chi connectivity index (χ3n) is 5.33. The highest BCUT2D eigenvalue weighted by molar-refractivity contribution is 6.30. The van der Waals surface area contributed by atoms with Gasteiger partial charge < -0.3 is 5.32 Å². The monoisotopic (exact) mass is 456 g/mol. The number of hydrogen-bond donors (Lipinski definition) is 1. The van der Waals surface area contributed by atoms with E-state index in [9.17, 15) is 4.79 Å². The van der Waals surface area contributed by atoms with Gasteiger partial charge in [0.25, 0.3) is 5.91 Å². The van der Waals surface area contributed by atoms with Gasteiger partial charge in [0.15, 0.2) is 5.82 Å². The second-order valence-corrected chi connectivity index (χ2v) is 8.08. The van der Waals surface area contributed by atoms with Crippen LogP contribution in [0.3, 0.4) is 0 Å². The molecule has 164 valence electrons. The summed E-state index contributed by atoms with van der Waals surface area (Å²) in [5.41, 5.74) is 3.87.